The third kappa shape index (κ3) is 2.39. The minimum Gasteiger partial charge on any atom is -0.495 e. The van der Waals surface area contributed by atoms with E-state index in [1.807, 2.05) is 36.4 Å². The lowest BCUT2D eigenvalue weighted by atomic mass is 10.1. The maximum Gasteiger partial charge on any atom is 0.141 e. The number of para-hydroxylation sites is 1. The molecule has 0 aliphatic heterocycles. The fourth-order valence-electron chi connectivity index (χ4n) is 2.06. The normalized spacial score (nSPS) is 10.8. The number of nitrogens with two attached hydrogens (primary N) is 1. The minimum atomic E-state index is 0.668. The smallest absolute Gasteiger partial charge is 0.141 e. The number of fused-ring (bicyclic) bond motifs is 1. The predicted molar refractivity (Wildman–Crippen MR) is 79.8 cm³/mol. The summed E-state index contributed by atoms with van der Waals surface area (Å²) in [6, 6.07) is 14.1. The summed E-state index contributed by atoms with van der Waals surface area (Å²) in [7, 11) is 1.62. The van der Waals surface area contributed by atoms with Crippen LogP contribution in [0.15, 0.2) is 42.5 Å². The molecular formula is C15H14N2OS. The van der Waals surface area contributed by atoms with Crippen molar-refractivity contribution in [3.8, 4) is 5.75 Å². The summed E-state index contributed by atoms with van der Waals surface area (Å²) in [4.78, 5) is 4.63. The second kappa shape index (κ2) is 4.90. The van der Waals surface area contributed by atoms with E-state index < -0.39 is 0 Å². The molecule has 0 unspecified atom stereocenters. The van der Waals surface area contributed by atoms with E-state index in [-0.39, 0.29) is 0 Å². The molecule has 3 nitrogen and oxygen atoms in total. The van der Waals surface area contributed by atoms with Crippen molar-refractivity contribution in [3.05, 3.63) is 53.0 Å². The van der Waals surface area contributed by atoms with Gasteiger partial charge in [-0.2, -0.15) is 0 Å². The molecule has 2 aromatic carbocycles. The Morgan fingerprint density at radius 1 is 1.21 bits per heavy atom. The number of hydrogen-bond acceptors (Lipinski definition) is 4. The van der Waals surface area contributed by atoms with Gasteiger partial charge in [0, 0.05) is 6.42 Å². The number of benzene rings is 2. The van der Waals surface area contributed by atoms with E-state index in [1.54, 1.807) is 18.4 Å². The maximum atomic E-state index is 5.92. The summed E-state index contributed by atoms with van der Waals surface area (Å²) in [5, 5.41) is 1.10. The molecule has 0 saturated carbocycles. The summed E-state index contributed by atoms with van der Waals surface area (Å²) in [5.74, 6) is 0.716. The first-order valence-electron chi connectivity index (χ1n) is 6.03. The van der Waals surface area contributed by atoms with Gasteiger partial charge in [-0.3, -0.25) is 0 Å². The molecule has 0 aliphatic rings. The standard InChI is InChI=1S/C15H14N2OS/c1-18-13-7-6-10(8-11(13)16)9-15-17-12-4-2-3-5-14(12)19-15/h2-8H,9,16H2,1H3. The van der Waals surface area contributed by atoms with E-state index in [0.717, 1.165) is 22.5 Å². The quantitative estimate of drug-likeness (QED) is 0.741. The van der Waals surface area contributed by atoms with Gasteiger partial charge in [-0.25, -0.2) is 4.98 Å². The lowest BCUT2D eigenvalue weighted by Crippen LogP contribution is -1.95. The summed E-state index contributed by atoms with van der Waals surface area (Å²) in [5.41, 5.74) is 8.80. The molecule has 0 fully saturated rings. The fourth-order valence-corrected chi connectivity index (χ4v) is 3.07. The van der Waals surface area contributed by atoms with Crippen molar-refractivity contribution in [1.82, 2.24) is 4.98 Å². The first-order valence-corrected chi connectivity index (χ1v) is 6.85. The summed E-state index contributed by atoms with van der Waals surface area (Å²) < 4.78 is 6.38. The fraction of sp³-hybridized carbons (Fsp3) is 0.133. The number of anilines is 1. The average Bonchev–Trinajstić information content (AvgIpc) is 2.81. The third-order valence-corrected chi connectivity index (χ3v) is 4.02. The van der Waals surface area contributed by atoms with Gasteiger partial charge in [0.2, 0.25) is 0 Å². The number of methoxy groups -OCH3 is 1. The predicted octanol–water partition coefficient (Wildman–Crippen LogP) is 3.48. The molecule has 3 aromatic rings. The molecule has 2 N–H and O–H groups in total. The number of nitrogens with zero attached hydrogens (tertiary/aromatic N) is 1. The molecule has 0 amide bonds. The molecule has 1 aromatic heterocycles. The number of hydrogen-bond donors (Lipinski definition) is 1. The second-order valence-corrected chi connectivity index (χ2v) is 5.44. The Kier molecular flexibility index (Phi) is 3.09. The SMILES string of the molecule is COc1ccc(Cc2nc3ccccc3s2)cc1N. The Balaban J connectivity index is 1.90. The van der Waals surface area contributed by atoms with Crippen LogP contribution in [0.2, 0.25) is 0 Å². The number of thiazole rings is 1. The van der Waals surface area contributed by atoms with Gasteiger partial charge in [0.25, 0.3) is 0 Å². The van der Waals surface area contributed by atoms with Crippen LogP contribution >= 0.6 is 11.3 Å². The minimum absolute atomic E-state index is 0.668. The summed E-state index contributed by atoms with van der Waals surface area (Å²) in [6.07, 6.45) is 0.799. The van der Waals surface area contributed by atoms with Crippen molar-refractivity contribution >= 4 is 27.2 Å². The van der Waals surface area contributed by atoms with Crippen LogP contribution in [-0.2, 0) is 6.42 Å². The van der Waals surface area contributed by atoms with Crippen molar-refractivity contribution in [2.45, 2.75) is 6.42 Å². The van der Waals surface area contributed by atoms with E-state index in [9.17, 15) is 0 Å². The van der Waals surface area contributed by atoms with Crippen molar-refractivity contribution in [2.24, 2.45) is 0 Å². The molecule has 19 heavy (non-hydrogen) atoms. The maximum absolute atomic E-state index is 5.92. The van der Waals surface area contributed by atoms with Gasteiger partial charge in [0.15, 0.2) is 0 Å². The molecule has 4 heteroatoms. The van der Waals surface area contributed by atoms with E-state index in [1.165, 1.54) is 4.70 Å². The molecule has 0 atom stereocenters. The number of nitrogen functional groups attached to an aromatic ring is 1. The molecule has 0 saturated heterocycles. The first kappa shape index (κ1) is 12.0. The molecule has 3 rings (SSSR count). The zero-order chi connectivity index (χ0) is 13.2. The van der Waals surface area contributed by atoms with Gasteiger partial charge >= 0.3 is 0 Å². The highest BCUT2D eigenvalue weighted by molar-refractivity contribution is 7.18. The van der Waals surface area contributed by atoms with Crippen molar-refractivity contribution in [2.75, 3.05) is 12.8 Å². The Bertz CT molecular complexity index is 688. The molecule has 1 heterocycles. The molecule has 0 spiro atoms. The zero-order valence-electron chi connectivity index (χ0n) is 10.6. The van der Waals surface area contributed by atoms with E-state index >= 15 is 0 Å². The second-order valence-electron chi connectivity index (χ2n) is 4.33. The lowest BCUT2D eigenvalue weighted by molar-refractivity contribution is 0.417. The summed E-state index contributed by atoms with van der Waals surface area (Å²) in [6.45, 7) is 0. The average molecular weight is 270 g/mol. The Morgan fingerprint density at radius 2 is 2.05 bits per heavy atom. The van der Waals surface area contributed by atoms with E-state index in [2.05, 4.69) is 11.1 Å². The van der Waals surface area contributed by atoms with Crippen LogP contribution in [0.3, 0.4) is 0 Å². The molecule has 96 valence electrons. The number of aromatic nitrogens is 1. The van der Waals surface area contributed by atoms with Gasteiger partial charge < -0.3 is 10.5 Å². The highest BCUT2D eigenvalue weighted by Gasteiger charge is 2.06. The Hall–Kier alpha value is -2.07. The van der Waals surface area contributed by atoms with Gasteiger partial charge in [-0.05, 0) is 29.8 Å². The van der Waals surface area contributed by atoms with Crippen LogP contribution in [-0.4, -0.2) is 12.1 Å². The Labute approximate surface area is 115 Å². The van der Waals surface area contributed by atoms with Gasteiger partial charge in [-0.15, -0.1) is 11.3 Å². The van der Waals surface area contributed by atoms with Crippen molar-refractivity contribution in [3.63, 3.8) is 0 Å². The van der Waals surface area contributed by atoms with Crippen LogP contribution in [0.5, 0.6) is 5.75 Å². The first-order chi connectivity index (χ1) is 9.26. The van der Waals surface area contributed by atoms with Gasteiger partial charge in [-0.1, -0.05) is 18.2 Å². The monoisotopic (exact) mass is 270 g/mol. The van der Waals surface area contributed by atoms with Gasteiger partial charge in [0.05, 0.1) is 28.0 Å². The lowest BCUT2D eigenvalue weighted by Gasteiger charge is -2.05. The van der Waals surface area contributed by atoms with E-state index in [4.69, 9.17) is 10.5 Å². The zero-order valence-corrected chi connectivity index (χ0v) is 11.4. The highest BCUT2D eigenvalue weighted by Crippen LogP contribution is 2.26. The molecule has 0 aliphatic carbocycles. The number of rotatable bonds is 3. The molecular weight excluding hydrogens is 256 g/mol. The third-order valence-electron chi connectivity index (χ3n) is 2.99. The molecule has 0 radical (unpaired) electrons. The topological polar surface area (TPSA) is 48.1 Å². The van der Waals surface area contributed by atoms with E-state index in [0.29, 0.717) is 11.4 Å². The Morgan fingerprint density at radius 3 is 2.79 bits per heavy atom. The van der Waals surface area contributed by atoms with Crippen LogP contribution in [0, 0.1) is 0 Å². The highest BCUT2D eigenvalue weighted by atomic mass is 32.1. The van der Waals surface area contributed by atoms with Crippen LogP contribution in [0.4, 0.5) is 5.69 Å². The van der Waals surface area contributed by atoms with Gasteiger partial charge in [0.1, 0.15) is 5.75 Å². The van der Waals surface area contributed by atoms with Crippen molar-refractivity contribution in [1.29, 1.82) is 0 Å². The van der Waals surface area contributed by atoms with Crippen LogP contribution in [0.25, 0.3) is 10.2 Å². The molecule has 0 bridgehead atoms. The van der Waals surface area contributed by atoms with Crippen LogP contribution < -0.4 is 10.5 Å². The number of ether oxygens (including phenoxy) is 1. The van der Waals surface area contributed by atoms with Crippen LogP contribution in [0.1, 0.15) is 10.6 Å². The van der Waals surface area contributed by atoms with Crippen molar-refractivity contribution < 1.29 is 4.74 Å². The summed E-state index contributed by atoms with van der Waals surface area (Å²) >= 11 is 1.72. The largest absolute Gasteiger partial charge is 0.495 e.